The third-order valence-electron chi connectivity index (χ3n) is 3.39. The lowest BCUT2D eigenvalue weighted by molar-refractivity contribution is 0.256. The van der Waals surface area contributed by atoms with Gasteiger partial charge in [-0.15, -0.1) is 0 Å². The van der Waals surface area contributed by atoms with Crippen LogP contribution in [0.15, 0.2) is 24.3 Å². The van der Waals surface area contributed by atoms with E-state index in [0.717, 1.165) is 18.1 Å². The minimum atomic E-state index is 0.375. The van der Waals surface area contributed by atoms with Crippen LogP contribution in [0.5, 0.6) is 0 Å². The zero-order chi connectivity index (χ0) is 11.4. The van der Waals surface area contributed by atoms with E-state index < -0.39 is 0 Å². The molecule has 0 aromatic heterocycles. The van der Waals surface area contributed by atoms with E-state index in [1.807, 2.05) is 23.9 Å². The second-order valence-electron chi connectivity index (χ2n) is 4.49. The Bertz CT molecular complexity index is 332. The number of halogens is 1. The van der Waals surface area contributed by atoms with Crippen LogP contribution < -0.4 is 5.32 Å². The molecule has 0 atom stereocenters. The smallest absolute Gasteiger partial charge is 0.0406 e. The highest BCUT2D eigenvalue weighted by Gasteiger charge is 2.37. The molecule has 1 nitrogen and oxygen atoms in total. The lowest BCUT2D eigenvalue weighted by Crippen LogP contribution is -2.56. The minimum absolute atomic E-state index is 0.375. The summed E-state index contributed by atoms with van der Waals surface area (Å²) < 4.78 is 0. The molecule has 1 aliphatic heterocycles. The van der Waals surface area contributed by atoms with Gasteiger partial charge in [-0.25, -0.2) is 0 Å². The maximum absolute atomic E-state index is 5.93. The summed E-state index contributed by atoms with van der Waals surface area (Å²) in [4.78, 5) is 0. The van der Waals surface area contributed by atoms with Gasteiger partial charge in [-0.2, -0.15) is 11.8 Å². The van der Waals surface area contributed by atoms with Gasteiger partial charge in [0.05, 0.1) is 0 Å². The molecule has 1 saturated heterocycles. The van der Waals surface area contributed by atoms with Gasteiger partial charge in [0, 0.05) is 23.5 Å². The van der Waals surface area contributed by atoms with Crippen LogP contribution >= 0.6 is 23.4 Å². The van der Waals surface area contributed by atoms with E-state index in [1.54, 1.807) is 0 Å². The normalized spacial score (nSPS) is 18.1. The first kappa shape index (κ1) is 12.3. The molecular formula is C13H18ClNS. The highest BCUT2D eigenvalue weighted by molar-refractivity contribution is 7.98. The molecule has 3 heteroatoms. The standard InChI is InChI=1S/C13H18ClNS/c1-16-8-2-7-13(9-15-10-13)11-3-5-12(14)6-4-11/h3-6,15H,2,7-10H2,1H3. The highest BCUT2D eigenvalue weighted by atomic mass is 35.5. The number of rotatable bonds is 5. The summed E-state index contributed by atoms with van der Waals surface area (Å²) in [7, 11) is 0. The van der Waals surface area contributed by atoms with Crippen LogP contribution in [-0.4, -0.2) is 25.1 Å². The van der Waals surface area contributed by atoms with Crippen molar-refractivity contribution in [1.29, 1.82) is 0 Å². The molecule has 1 aromatic carbocycles. The Hall–Kier alpha value is -0.180. The molecule has 1 aromatic rings. The van der Waals surface area contributed by atoms with E-state index in [-0.39, 0.29) is 0 Å². The monoisotopic (exact) mass is 255 g/mol. The molecule has 0 radical (unpaired) electrons. The van der Waals surface area contributed by atoms with Crippen LogP contribution in [0.3, 0.4) is 0 Å². The van der Waals surface area contributed by atoms with Crippen molar-refractivity contribution in [3.05, 3.63) is 34.9 Å². The van der Waals surface area contributed by atoms with Crippen LogP contribution in [0.2, 0.25) is 5.02 Å². The van der Waals surface area contributed by atoms with E-state index in [9.17, 15) is 0 Å². The molecule has 88 valence electrons. The summed E-state index contributed by atoms with van der Waals surface area (Å²) in [5, 5.41) is 4.23. The highest BCUT2D eigenvalue weighted by Crippen LogP contribution is 2.34. The molecule has 0 spiro atoms. The molecule has 1 heterocycles. The van der Waals surface area contributed by atoms with Crippen molar-refractivity contribution in [2.75, 3.05) is 25.1 Å². The maximum Gasteiger partial charge on any atom is 0.0406 e. The third kappa shape index (κ3) is 2.55. The Labute approximate surface area is 107 Å². The van der Waals surface area contributed by atoms with Crippen molar-refractivity contribution >= 4 is 23.4 Å². The van der Waals surface area contributed by atoms with Crippen LogP contribution in [0, 0.1) is 0 Å². The number of nitrogens with one attached hydrogen (secondary N) is 1. The van der Waals surface area contributed by atoms with Crippen molar-refractivity contribution in [1.82, 2.24) is 5.32 Å². The zero-order valence-corrected chi connectivity index (χ0v) is 11.2. The lowest BCUT2D eigenvalue weighted by atomic mass is 9.72. The SMILES string of the molecule is CSCCCC1(c2ccc(Cl)cc2)CNC1. The average Bonchev–Trinajstić information content (AvgIpc) is 2.24. The predicted octanol–water partition coefficient (Wildman–Crippen LogP) is 3.32. The van der Waals surface area contributed by atoms with Gasteiger partial charge in [0.25, 0.3) is 0 Å². The predicted molar refractivity (Wildman–Crippen MR) is 73.6 cm³/mol. The topological polar surface area (TPSA) is 12.0 Å². The van der Waals surface area contributed by atoms with Crippen LogP contribution in [0.1, 0.15) is 18.4 Å². The molecule has 1 aliphatic rings. The number of benzene rings is 1. The van der Waals surface area contributed by atoms with Crippen molar-refractivity contribution < 1.29 is 0 Å². The number of hydrogen-bond donors (Lipinski definition) is 1. The van der Waals surface area contributed by atoms with Gasteiger partial charge in [-0.1, -0.05) is 23.7 Å². The molecule has 0 aliphatic carbocycles. The second kappa shape index (κ2) is 5.44. The van der Waals surface area contributed by atoms with Gasteiger partial charge in [-0.05, 0) is 42.5 Å². The molecule has 0 saturated carbocycles. The molecule has 2 rings (SSSR count). The van der Waals surface area contributed by atoms with Gasteiger partial charge in [0.2, 0.25) is 0 Å². The molecule has 16 heavy (non-hydrogen) atoms. The van der Waals surface area contributed by atoms with E-state index in [4.69, 9.17) is 11.6 Å². The molecule has 1 N–H and O–H groups in total. The minimum Gasteiger partial charge on any atom is -0.315 e. The lowest BCUT2D eigenvalue weighted by Gasteiger charge is -2.43. The van der Waals surface area contributed by atoms with Crippen LogP contribution in [-0.2, 0) is 5.41 Å². The zero-order valence-electron chi connectivity index (χ0n) is 9.63. The molecule has 0 unspecified atom stereocenters. The Kier molecular flexibility index (Phi) is 4.17. The fourth-order valence-corrected chi connectivity index (χ4v) is 2.87. The van der Waals surface area contributed by atoms with Gasteiger partial charge in [-0.3, -0.25) is 0 Å². The summed E-state index contributed by atoms with van der Waals surface area (Å²) in [6.07, 6.45) is 4.75. The van der Waals surface area contributed by atoms with Crippen molar-refractivity contribution in [3.8, 4) is 0 Å². The maximum atomic E-state index is 5.93. The summed E-state index contributed by atoms with van der Waals surface area (Å²) in [6.45, 7) is 2.23. The summed E-state index contributed by atoms with van der Waals surface area (Å²) in [6, 6.07) is 8.38. The number of hydrogen-bond acceptors (Lipinski definition) is 2. The van der Waals surface area contributed by atoms with E-state index in [2.05, 4.69) is 23.7 Å². The third-order valence-corrected chi connectivity index (χ3v) is 4.34. The van der Waals surface area contributed by atoms with Gasteiger partial charge >= 0.3 is 0 Å². The van der Waals surface area contributed by atoms with E-state index in [1.165, 1.54) is 24.2 Å². The Morgan fingerprint density at radius 2 is 2.00 bits per heavy atom. The van der Waals surface area contributed by atoms with Crippen molar-refractivity contribution in [2.45, 2.75) is 18.3 Å². The first-order valence-corrected chi connectivity index (χ1v) is 7.50. The fraction of sp³-hybridized carbons (Fsp3) is 0.538. The van der Waals surface area contributed by atoms with Crippen molar-refractivity contribution in [2.24, 2.45) is 0 Å². The number of thioether (sulfide) groups is 1. The van der Waals surface area contributed by atoms with Gasteiger partial charge in [0.1, 0.15) is 0 Å². The van der Waals surface area contributed by atoms with Crippen molar-refractivity contribution in [3.63, 3.8) is 0 Å². The summed E-state index contributed by atoms with van der Waals surface area (Å²) in [5.74, 6) is 1.26. The van der Waals surface area contributed by atoms with Crippen LogP contribution in [0.4, 0.5) is 0 Å². The van der Waals surface area contributed by atoms with Gasteiger partial charge in [0.15, 0.2) is 0 Å². The van der Waals surface area contributed by atoms with E-state index >= 15 is 0 Å². The first-order valence-electron chi connectivity index (χ1n) is 5.73. The van der Waals surface area contributed by atoms with E-state index in [0.29, 0.717) is 5.41 Å². The molecule has 1 fully saturated rings. The largest absolute Gasteiger partial charge is 0.315 e. The average molecular weight is 256 g/mol. The molecule has 0 amide bonds. The summed E-state index contributed by atoms with van der Waals surface area (Å²) >= 11 is 7.86. The Morgan fingerprint density at radius 3 is 2.50 bits per heavy atom. The first-order chi connectivity index (χ1) is 7.77. The Balaban J connectivity index is 2.05. The quantitative estimate of drug-likeness (QED) is 0.810. The summed E-state index contributed by atoms with van der Waals surface area (Å²) in [5.41, 5.74) is 1.82. The fourth-order valence-electron chi connectivity index (χ4n) is 2.31. The molecular weight excluding hydrogens is 238 g/mol. The van der Waals surface area contributed by atoms with Crippen LogP contribution in [0.25, 0.3) is 0 Å². The molecule has 0 bridgehead atoms. The second-order valence-corrected chi connectivity index (χ2v) is 5.91. The van der Waals surface area contributed by atoms with Gasteiger partial charge < -0.3 is 5.32 Å². The Morgan fingerprint density at radius 1 is 1.31 bits per heavy atom.